The number of benzene rings is 1. The maximum absolute atomic E-state index is 12.3. The Morgan fingerprint density at radius 3 is 2.52 bits per heavy atom. The van der Waals surface area contributed by atoms with Crippen LogP contribution in [0.1, 0.15) is 35.8 Å². The molecular formula is C19H25N3O3. The first-order valence-electron chi connectivity index (χ1n) is 8.44. The number of hydrogen-bond donors (Lipinski definition) is 1. The van der Waals surface area contributed by atoms with E-state index in [4.69, 9.17) is 4.74 Å². The molecule has 134 valence electrons. The molecule has 1 amide bonds. The van der Waals surface area contributed by atoms with Gasteiger partial charge >= 0.3 is 0 Å². The van der Waals surface area contributed by atoms with Crippen LogP contribution in [0, 0.1) is 5.21 Å². The van der Waals surface area contributed by atoms with Crippen molar-refractivity contribution >= 4 is 5.91 Å². The van der Waals surface area contributed by atoms with Crippen LogP contribution in [0.25, 0.3) is 0 Å². The summed E-state index contributed by atoms with van der Waals surface area (Å²) in [5.41, 5.74) is 1.56. The standard InChI is InChI=1S/C19H25N3O3/c1-4-21(5-2)18(16-7-6-8-17(13-16)25-3)14-20-19(23)15-9-11-22(24)12-10-15/h6-13,18H,4-5,14H2,1-3H3,(H,20,23). The summed E-state index contributed by atoms with van der Waals surface area (Å²) in [5.74, 6) is 0.602. The molecule has 1 unspecified atom stereocenters. The van der Waals surface area contributed by atoms with Crippen LogP contribution in [0.2, 0.25) is 0 Å². The first kappa shape index (κ1) is 18.7. The minimum absolute atomic E-state index is 0.0437. The highest BCUT2D eigenvalue weighted by molar-refractivity contribution is 5.93. The molecule has 0 aliphatic carbocycles. The van der Waals surface area contributed by atoms with Crippen LogP contribution < -0.4 is 14.8 Å². The van der Waals surface area contributed by atoms with Gasteiger partial charge in [-0.15, -0.1) is 0 Å². The maximum Gasteiger partial charge on any atom is 0.251 e. The Hall–Kier alpha value is -2.60. The van der Waals surface area contributed by atoms with E-state index in [1.165, 1.54) is 24.5 Å². The third-order valence-electron chi connectivity index (χ3n) is 4.25. The molecule has 25 heavy (non-hydrogen) atoms. The number of nitrogens with one attached hydrogen (secondary N) is 1. The Morgan fingerprint density at radius 2 is 1.92 bits per heavy atom. The van der Waals surface area contributed by atoms with E-state index >= 15 is 0 Å². The number of pyridine rings is 1. The molecule has 1 N–H and O–H groups in total. The first-order chi connectivity index (χ1) is 12.1. The Balaban J connectivity index is 2.15. The molecule has 2 rings (SSSR count). The van der Waals surface area contributed by atoms with E-state index in [9.17, 15) is 10.0 Å². The molecule has 0 fully saturated rings. The summed E-state index contributed by atoms with van der Waals surface area (Å²) in [5, 5.41) is 14.1. The fraction of sp³-hybridized carbons (Fsp3) is 0.368. The van der Waals surface area contributed by atoms with Crippen molar-refractivity contribution in [3.63, 3.8) is 0 Å². The van der Waals surface area contributed by atoms with E-state index < -0.39 is 0 Å². The topological polar surface area (TPSA) is 68.5 Å². The molecule has 0 saturated heterocycles. The Kier molecular flexibility index (Phi) is 6.77. The van der Waals surface area contributed by atoms with Gasteiger partial charge in [-0.25, -0.2) is 0 Å². The Morgan fingerprint density at radius 1 is 1.24 bits per heavy atom. The lowest BCUT2D eigenvalue weighted by molar-refractivity contribution is -0.605. The number of ether oxygens (including phenoxy) is 1. The minimum Gasteiger partial charge on any atom is -0.619 e. The number of hydrogen-bond acceptors (Lipinski definition) is 4. The van der Waals surface area contributed by atoms with E-state index in [1.54, 1.807) is 7.11 Å². The zero-order valence-corrected chi connectivity index (χ0v) is 14.9. The average Bonchev–Trinajstić information content (AvgIpc) is 2.65. The molecule has 1 aromatic carbocycles. The highest BCUT2D eigenvalue weighted by atomic mass is 16.5. The van der Waals surface area contributed by atoms with Gasteiger partial charge in [-0.1, -0.05) is 26.0 Å². The van der Waals surface area contributed by atoms with Crippen molar-refractivity contribution in [3.8, 4) is 5.75 Å². The van der Waals surface area contributed by atoms with Crippen LogP contribution in [0.3, 0.4) is 0 Å². The summed E-state index contributed by atoms with van der Waals surface area (Å²) in [4.78, 5) is 14.6. The molecule has 6 heteroatoms. The summed E-state index contributed by atoms with van der Waals surface area (Å²) < 4.78 is 5.98. The maximum atomic E-state index is 12.3. The van der Waals surface area contributed by atoms with Crippen molar-refractivity contribution in [1.29, 1.82) is 0 Å². The molecule has 2 aromatic rings. The van der Waals surface area contributed by atoms with Crippen LogP contribution in [0.5, 0.6) is 5.75 Å². The second kappa shape index (κ2) is 9.03. The van der Waals surface area contributed by atoms with E-state index in [0.717, 1.165) is 24.4 Å². The van der Waals surface area contributed by atoms with Crippen molar-refractivity contribution < 1.29 is 14.3 Å². The quantitative estimate of drug-likeness (QED) is 0.589. The smallest absolute Gasteiger partial charge is 0.251 e. The lowest BCUT2D eigenvalue weighted by atomic mass is 10.0. The third-order valence-corrected chi connectivity index (χ3v) is 4.25. The van der Waals surface area contributed by atoms with Crippen LogP contribution in [0.4, 0.5) is 0 Å². The fourth-order valence-corrected chi connectivity index (χ4v) is 2.83. The van der Waals surface area contributed by atoms with Gasteiger partial charge in [0, 0.05) is 18.7 Å². The lowest BCUT2D eigenvalue weighted by Gasteiger charge is -2.30. The Labute approximate surface area is 148 Å². The molecule has 6 nitrogen and oxygen atoms in total. The van der Waals surface area contributed by atoms with Crippen molar-refractivity contribution in [1.82, 2.24) is 10.2 Å². The van der Waals surface area contributed by atoms with Crippen LogP contribution in [0.15, 0.2) is 48.8 Å². The Bertz CT molecular complexity index is 685. The van der Waals surface area contributed by atoms with Gasteiger partial charge in [0.15, 0.2) is 12.4 Å². The minimum atomic E-state index is -0.194. The van der Waals surface area contributed by atoms with Gasteiger partial charge in [0.2, 0.25) is 0 Å². The zero-order valence-electron chi connectivity index (χ0n) is 14.9. The van der Waals surface area contributed by atoms with Crippen molar-refractivity contribution in [2.45, 2.75) is 19.9 Å². The molecule has 1 heterocycles. The molecule has 0 bridgehead atoms. The summed E-state index contributed by atoms with van der Waals surface area (Å²) in [6.07, 6.45) is 2.64. The first-order valence-corrected chi connectivity index (χ1v) is 8.44. The second-order valence-electron chi connectivity index (χ2n) is 5.67. The highest BCUT2D eigenvalue weighted by Crippen LogP contribution is 2.23. The number of carbonyl (C=O) groups excluding carboxylic acids is 1. The fourth-order valence-electron chi connectivity index (χ4n) is 2.83. The molecule has 0 saturated carbocycles. The molecule has 0 spiro atoms. The SMILES string of the molecule is CCN(CC)C(CNC(=O)c1cc[n+]([O-])cc1)c1cccc(OC)c1. The van der Waals surface area contributed by atoms with Gasteiger partial charge in [-0.05, 0) is 30.8 Å². The van der Waals surface area contributed by atoms with E-state index in [-0.39, 0.29) is 11.9 Å². The molecule has 0 radical (unpaired) electrons. The number of aromatic nitrogens is 1. The highest BCUT2D eigenvalue weighted by Gasteiger charge is 2.20. The van der Waals surface area contributed by atoms with Crippen molar-refractivity contribution in [2.24, 2.45) is 0 Å². The normalized spacial score (nSPS) is 12.0. The number of methoxy groups -OCH3 is 1. The number of carbonyl (C=O) groups is 1. The third kappa shape index (κ3) is 4.93. The molecule has 0 aliphatic rings. The summed E-state index contributed by atoms with van der Waals surface area (Å²) in [6.45, 7) is 6.41. The van der Waals surface area contributed by atoms with Crippen molar-refractivity contribution in [2.75, 3.05) is 26.7 Å². The molecule has 1 atom stereocenters. The predicted molar refractivity (Wildman–Crippen MR) is 96.4 cm³/mol. The van der Waals surface area contributed by atoms with Gasteiger partial charge in [0.25, 0.3) is 5.91 Å². The van der Waals surface area contributed by atoms with Crippen LogP contribution in [-0.4, -0.2) is 37.6 Å². The van der Waals surface area contributed by atoms with E-state index in [0.29, 0.717) is 16.8 Å². The summed E-state index contributed by atoms with van der Waals surface area (Å²) >= 11 is 0. The largest absolute Gasteiger partial charge is 0.619 e. The van der Waals surface area contributed by atoms with Gasteiger partial charge in [0.05, 0.1) is 18.7 Å². The lowest BCUT2D eigenvalue weighted by Crippen LogP contribution is -2.38. The predicted octanol–water partition coefficient (Wildman–Crippen LogP) is 2.14. The van der Waals surface area contributed by atoms with Crippen LogP contribution >= 0.6 is 0 Å². The number of rotatable bonds is 8. The molecular weight excluding hydrogens is 318 g/mol. The number of nitrogens with zero attached hydrogens (tertiary/aromatic N) is 2. The van der Waals surface area contributed by atoms with Gasteiger partial charge in [0.1, 0.15) is 5.75 Å². The number of amides is 1. The van der Waals surface area contributed by atoms with Gasteiger partial charge in [-0.2, -0.15) is 4.73 Å². The van der Waals surface area contributed by atoms with Gasteiger partial charge < -0.3 is 15.3 Å². The number of likely N-dealkylation sites (N-methyl/N-ethyl adjacent to an activating group) is 1. The van der Waals surface area contributed by atoms with Crippen LogP contribution in [-0.2, 0) is 0 Å². The summed E-state index contributed by atoms with van der Waals surface area (Å²) in [6, 6.07) is 11.0. The van der Waals surface area contributed by atoms with Gasteiger partial charge in [-0.3, -0.25) is 9.69 Å². The monoisotopic (exact) mass is 343 g/mol. The van der Waals surface area contributed by atoms with E-state index in [1.807, 2.05) is 24.3 Å². The average molecular weight is 343 g/mol. The zero-order chi connectivity index (χ0) is 18.2. The van der Waals surface area contributed by atoms with E-state index in [2.05, 4.69) is 24.1 Å². The van der Waals surface area contributed by atoms with Crippen molar-refractivity contribution in [3.05, 3.63) is 65.1 Å². The molecule has 0 aliphatic heterocycles. The molecule has 1 aromatic heterocycles. The summed E-state index contributed by atoms with van der Waals surface area (Å²) in [7, 11) is 1.64. The second-order valence-corrected chi connectivity index (χ2v) is 5.67.